The average molecular weight is 438 g/mol. The molecule has 3 aromatic rings. The summed E-state index contributed by atoms with van der Waals surface area (Å²) in [5.74, 6) is -0.151. The Bertz CT molecular complexity index is 1180. The largest absolute Gasteiger partial charge is 0.345 e. The summed E-state index contributed by atoms with van der Waals surface area (Å²) in [7, 11) is -3.09. The van der Waals surface area contributed by atoms with Crippen LogP contribution in [0.2, 0.25) is 5.02 Å². The maximum absolute atomic E-state index is 12.8. The number of rotatable bonds is 4. The van der Waals surface area contributed by atoms with Gasteiger partial charge in [-0.15, -0.1) is 11.3 Å². The van der Waals surface area contributed by atoms with Gasteiger partial charge in [0.05, 0.1) is 34.2 Å². The van der Waals surface area contributed by atoms with E-state index < -0.39 is 15.4 Å². The van der Waals surface area contributed by atoms with E-state index in [-0.39, 0.29) is 17.4 Å². The molecular formula is C19H20ClN3O3S2. The fraction of sp³-hybridized carbons (Fsp3) is 0.368. The van der Waals surface area contributed by atoms with Crippen molar-refractivity contribution in [3.8, 4) is 0 Å². The van der Waals surface area contributed by atoms with Crippen LogP contribution in [0.1, 0.15) is 34.3 Å². The summed E-state index contributed by atoms with van der Waals surface area (Å²) in [6.45, 7) is 4.21. The maximum Gasteiger partial charge on any atom is 0.261 e. The van der Waals surface area contributed by atoms with Crippen molar-refractivity contribution in [2.45, 2.75) is 32.4 Å². The minimum atomic E-state index is -3.09. The summed E-state index contributed by atoms with van der Waals surface area (Å²) < 4.78 is 25.4. The van der Waals surface area contributed by atoms with Gasteiger partial charge in [-0.1, -0.05) is 29.8 Å². The first kappa shape index (κ1) is 19.4. The fourth-order valence-electron chi connectivity index (χ4n) is 3.56. The van der Waals surface area contributed by atoms with Crippen LogP contribution in [0.4, 0.5) is 0 Å². The molecule has 1 aliphatic rings. The molecule has 0 saturated carbocycles. The number of sulfone groups is 1. The second kappa shape index (κ2) is 6.86. The number of thiophene rings is 1. The van der Waals surface area contributed by atoms with Crippen LogP contribution in [0.5, 0.6) is 0 Å². The molecule has 1 fully saturated rings. The molecule has 0 bridgehead atoms. The number of nitrogens with zero attached hydrogens (tertiary/aromatic N) is 2. The molecule has 1 amide bonds. The Morgan fingerprint density at radius 1 is 1.39 bits per heavy atom. The minimum absolute atomic E-state index is 0.0179. The van der Waals surface area contributed by atoms with Gasteiger partial charge in [-0.25, -0.2) is 8.42 Å². The smallest absolute Gasteiger partial charge is 0.261 e. The van der Waals surface area contributed by atoms with Crippen LogP contribution in [0.15, 0.2) is 30.3 Å². The third kappa shape index (κ3) is 3.68. The molecule has 28 heavy (non-hydrogen) atoms. The fourth-order valence-corrected chi connectivity index (χ4v) is 6.91. The quantitative estimate of drug-likeness (QED) is 0.678. The van der Waals surface area contributed by atoms with E-state index in [0.29, 0.717) is 22.9 Å². The van der Waals surface area contributed by atoms with E-state index in [0.717, 1.165) is 21.5 Å². The van der Waals surface area contributed by atoms with Crippen molar-refractivity contribution in [3.63, 3.8) is 0 Å². The topological polar surface area (TPSA) is 81.1 Å². The van der Waals surface area contributed by atoms with E-state index in [1.54, 1.807) is 6.92 Å². The second-order valence-corrected chi connectivity index (χ2v) is 11.1. The van der Waals surface area contributed by atoms with E-state index in [1.807, 2.05) is 41.9 Å². The van der Waals surface area contributed by atoms with Crippen LogP contribution in [0, 0.1) is 6.92 Å². The molecular weight excluding hydrogens is 418 g/mol. The zero-order valence-corrected chi connectivity index (χ0v) is 17.9. The standard InChI is InChI=1S/C19H20ClN3O3S2/c1-12-14-9-16(17(24)21-19(2)7-8-28(25,26)11-19)27-18(14)23(22-12)10-13-5-3-4-6-15(13)20/h3-6,9H,7-8,10-11H2,1-2H3,(H,21,24). The zero-order chi connectivity index (χ0) is 20.1. The van der Waals surface area contributed by atoms with Gasteiger partial charge in [0.25, 0.3) is 5.91 Å². The highest BCUT2D eigenvalue weighted by Crippen LogP contribution is 2.31. The normalized spacial score (nSPS) is 21.2. The number of fused-ring (bicyclic) bond motifs is 1. The third-order valence-corrected chi connectivity index (χ3v) is 8.45. The molecule has 9 heteroatoms. The molecule has 4 rings (SSSR count). The van der Waals surface area contributed by atoms with E-state index in [1.165, 1.54) is 11.3 Å². The molecule has 1 aliphatic heterocycles. The average Bonchev–Trinajstić information content (AvgIpc) is 3.24. The Hall–Kier alpha value is -1.90. The Kier molecular flexibility index (Phi) is 4.76. The molecule has 1 saturated heterocycles. The van der Waals surface area contributed by atoms with E-state index in [4.69, 9.17) is 11.6 Å². The zero-order valence-electron chi connectivity index (χ0n) is 15.5. The van der Waals surface area contributed by atoms with E-state index in [9.17, 15) is 13.2 Å². The van der Waals surface area contributed by atoms with Gasteiger partial charge in [-0.2, -0.15) is 5.10 Å². The van der Waals surface area contributed by atoms with Crippen LogP contribution < -0.4 is 5.32 Å². The van der Waals surface area contributed by atoms with Crippen molar-refractivity contribution in [2.24, 2.45) is 0 Å². The first-order chi connectivity index (χ1) is 13.2. The summed E-state index contributed by atoms with van der Waals surface area (Å²) in [6.07, 6.45) is 0.436. The molecule has 0 radical (unpaired) electrons. The lowest BCUT2D eigenvalue weighted by Gasteiger charge is -2.23. The van der Waals surface area contributed by atoms with Gasteiger partial charge in [-0.3, -0.25) is 9.48 Å². The molecule has 6 nitrogen and oxygen atoms in total. The number of carbonyl (C=O) groups excluding carboxylic acids is 1. The van der Waals surface area contributed by atoms with E-state index >= 15 is 0 Å². The van der Waals surface area contributed by atoms with Crippen molar-refractivity contribution in [2.75, 3.05) is 11.5 Å². The number of carbonyl (C=O) groups is 1. The van der Waals surface area contributed by atoms with Crippen molar-refractivity contribution in [1.29, 1.82) is 0 Å². The van der Waals surface area contributed by atoms with Gasteiger partial charge in [-0.05, 0) is 38.0 Å². The summed E-state index contributed by atoms with van der Waals surface area (Å²) >= 11 is 7.63. The predicted molar refractivity (Wildman–Crippen MR) is 112 cm³/mol. The first-order valence-corrected chi connectivity index (χ1v) is 11.9. The molecule has 2 aromatic heterocycles. The van der Waals surface area contributed by atoms with Gasteiger partial charge in [0, 0.05) is 10.4 Å². The van der Waals surface area contributed by atoms with Crippen molar-refractivity contribution in [3.05, 3.63) is 51.5 Å². The Morgan fingerprint density at radius 2 is 2.14 bits per heavy atom. The number of amides is 1. The highest BCUT2D eigenvalue weighted by Gasteiger charge is 2.39. The summed E-state index contributed by atoms with van der Waals surface area (Å²) in [5, 5.41) is 9.09. The Morgan fingerprint density at radius 3 is 2.82 bits per heavy atom. The summed E-state index contributed by atoms with van der Waals surface area (Å²) in [6, 6.07) is 9.43. The van der Waals surface area contributed by atoms with Crippen molar-refractivity contribution < 1.29 is 13.2 Å². The van der Waals surface area contributed by atoms with Gasteiger partial charge in [0.2, 0.25) is 0 Å². The molecule has 1 unspecified atom stereocenters. The van der Waals surface area contributed by atoms with Crippen LogP contribution >= 0.6 is 22.9 Å². The third-order valence-electron chi connectivity index (χ3n) is 5.03. The van der Waals surface area contributed by atoms with Gasteiger partial charge in [0.1, 0.15) is 4.83 Å². The highest BCUT2D eigenvalue weighted by molar-refractivity contribution is 7.91. The number of halogens is 1. The minimum Gasteiger partial charge on any atom is -0.345 e. The van der Waals surface area contributed by atoms with E-state index in [2.05, 4.69) is 10.4 Å². The number of nitrogens with one attached hydrogen (secondary N) is 1. The van der Waals surface area contributed by atoms with Crippen molar-refractivity contribution in [1.82, 2.24) is 15.1 Å². The number of aromatic nitrogens is 2. The summed E-state index contributed by atoms with van der Waals surface area (Å²) in [5.41, 5.74) is 1.08. The highest BCUT2D eigenvalue weighted by atomic mass is 35.5. The first-order valence-electron chi connectivity index (χ1n) is 8.89. The SMILES string of the molecule is Cc1nn(Cc2ccccc2Cl)c2sc(C(=O)NC3(C)CCS(=O)(=O)C3)cc12. The molecule has 148 valence electrons. The number of benzene rings is 1. The molecule has 1 aromatic carbocycles. The molecule has 0 aliphatic carbocycles. The summed E-state index contributed by atoms with van der Waals surface area (Å²) in [4.78, 5) is 14.2. The van der Waals surface area contributed by atoms with Gasteiger partial charge >= 0.3 is 0 Å². The lowest BCUT2D eigenvalue weighted by atomic mass is 10.0. The Balaban J connectivity index is 1.61. The van der Waals surface area contributed by atoms with Crippen LogP contribution in [-0.4, -0.2) is 41.2 Å². The number of hydrogen-bond donors (Lipinski definition) is 1. The lowest BCUT2D eigenvalue weighted by molar-refractivity contribution is 0.0919. The molecule has 1 atom stereocenters. The van der Waals surface area contributed by atoms with Crippen molar-refractivity contribution >= 4 is 48.9 Å². The van der Waals surface area contributed by atoms with Gasteiger partial charge in [0.15, 0.2) is 9.84 Å². The number of aryl methyl sites for hydroxylation is 1. The number of hydrogen-bond acceptors (Lipinski definition) is 5. The predicted octanol–water partition coefficient (Wildman–Crippen LogP) is 3.41. The molecule has 0 spiro atoms. The van der Waals surface area contributed by atoms with Gasteiger partial charge < -0.3 is 5.32 Å². The maximum atomic E-state index is 12.8. The lowest BCUT2D eigenvalue weighted by Crippen LogP contribution is -2.46. The molecule has 1 N–H and O–H groups in total. The second-order valence-electron chi connectivity index (χ2n) is 7.52. The van der Waals surface area contributed by atoms with Crippen LogP contribution in [-0.2, 0) is 16.4 Å². The Labute approximate surface area is 172 Å². The van der Waals surface area contributed by atoms with Crippen LogP contribution in [0.25, 0.3) is 10.2 Å². The van der Waals surface area contributed by atoms with Crippen LogP contribution in [0.3, 0.4) is 0 Å². The molecule has 3 heterocycles. The monoisotopic (exact) mass is 437 g/mol.